The monoisotopic (exact) mass is 455 g/mol. The first kappa shape index (κ1) is 19.2. The number of hydrogen-bond donors (Lipinski definition) is 3. The van der Waals surface area contributed by atoms with Gasteiger partial charge in [-0.2, -0.15) is 11.8 Å². The van der Waals surface area contributed by atoms with Gasteiger partial charge in [0, 0.05) is 40.2 Å². The second kappa shape index (κ2) is 7.78. The van der Waals surface area contributed by atoms with Gasteiger partial charge in [0.15, 0.2) is 5.13 Å². The number of H-pyrrole nitrogens is 1. The number of nitrogens with two attached hydrogens (primary N) is 1. The number of aromatic nitrogens is 3. The van der Waals surface area contributed by atoms with Gasteiger partial charge in [-0.1, -0.05) is 0 Å². The second-order valence-corrected chi connectivity index (χ2v) is 9.78. The van der Waals surface area contributed by atoms with Crippen molar-refractivity contribution in [2.75, 3.05) is 11.1 Å². The van der Waals surface area contributed by atoms with Crippen molar-refractivity contribution in [2.24, 2.45) is 5.73 Å². The largest absolute Gasteiger partial charge is 0.364 e. The fourth-order valence-electron chi connectivity index (χ4n) is 3.41. The Kier molecular flexibility index (Phi) is 4.97. The van der Waals surface area contributed by atoms with Gasteiger partial charge in [0.05, 0.1) is 11.3 Å². The Morgan fingerprint density at radius 3 is 2.87 bits per heavy atom. The number of thioether (sulfide) groups is 1. The molecule has 5 heterocycles. The van der Waals surface area contributed by atoms with Crippen molar-refractivity contribution in [1.82, 2.24) is 14.5 Å². The molecule has 0 bridgehead atoms. The second-order valence-electron chi connectivity index (χ2n) is 6.74. The zero-order valence-electron chi connectivity index (χ0n) is 15.7. The molecule has 0 spiro atoms. The van der Waals surface area contributed by atoms with Crippen molar-refractivity contribution >= 4 is 51.4 Å². The van der Waals surface area contributed by atoms with E-state index in [1.54, 1.807) is 23.6 Å². The lowest BCUT2D eigenvalue weighted by atomic mass is 10.1. The zero-order valence-corrected chi connectivity index (χ0v) is 18.1. The van der Waals surface area contributed by atoms with E-state index >= 15 is 0 Å². The van der Waals surface area contributed by atoms with E-state index in [4.69, 9.17) is 5.73 Å². The summed E-state index contributed by atoms with van der Waals surface area (Å²) in [6, 6.07) is 5.57. The maximum Gasteiger partial charge on any atom is 0.265 e. The molecule has 4 N–H and O–H groups in total. The van der Waals surface area contributed by atoms with Crippen LogP contribution in [-0.2, 0) is 12.2 Å². The third-order valence-corrected chi connectivity index (χ3v) is 8.01. The van der Waals surface area contributed by atoms with Gasteiger partial charge >= 0.3 is 0 Å². The molecule has 0 unspecified atom stereocenters. The molecule has 0 aromatic carbocycles. The lowest BCUT2D eigenvalue weighted by molar-refractivity contribution is 0.0994. The summed E-state index contributed by atoms with van der Waals surface area (Å²) in [7, 11) is 0. The van der Waals surface area contributed by atoms with Gasteiger partial charge in [-0.15, -0.1) is 22.7 Å². The van der Waals surface area contributed by atoms with Crippen molar-refractivity contribution in [3.8, 4) is 16.3 Å². The highest BCUT2D eigenvalue weighted by Crippen LogP contribution is 2.39. The number of carbonyl (C=O) groups is 2. The number of hydrogen-bond acceptors (Lipinski definition) is 6. The molecule has 0 aliphatic carbocycles. The van der Waals surface area contributed by atoms with Gasteiger partial charge < -0.3 is 15.3 Å². The number of nitrogens with zero attached hydrogens (tertiary/aromatic N) is 2. The molecule has 30 heavy (non-hydrogen) atoms. The standard InChI is InChI=1S/C20H17N5O2S3/c21-17(26)13-7-11(8-22-13)14-9-29-20(23-14)24-18(27)16-12-3-6-28-10-15(12)30-19(16)25-4-1-2-5-25/h1-2,4-5,7-9,22H,3,6,10H2,(H2,21,26)(H,23,24,27). The topological polar surface area (TPSA) is 106 Å². The summed E-state index contributed by atoms with van der Waals surface area (Å²) in [5.41, 5.74) is 8.92. The average molecular weight is 456 g/mol. The fraction of sp³-hybridized carbons (Fsp3) is 0.150. The molecule has 0 radical (unpaired) electrons. The van der Waals surface area contributed by atoms with E-state index < -0.39 is 5.91 Å². The van der Waals surface area contributed by atoms with E-state index in [-0.39, 0.29) is 5.91 Å². The van der Waals surface area contributed by atoms with E-state index in [1.165, 1.54) is 16.2 Å². The van der Waals surface area contributed by atoms with Crippen LogP contribution in [0.15, 0.2) is 42.2 Å². The Morgan fingerprint density at radius 1 is 1.27 bits per heavy atom. The number of fused-ring (bicyclic) bond motifs is 1. The minimum Gasteiger partial charge on any atom is -0.364 e. The molecule has 7 nitrogen and oxygen atoms in total. The maximum absolute atomic E-state index is 13.3. The SMILES string of the molecule is NC(=O)c1cc(-c2csc(NC(=O)c3c(-n4cccc4)sc4c3CCSC4)n2)c[nH]1. The number of thiophene rings is 1. The molecule has 1 aliphatic heterocycles. The van der Waals surface area contributed by atoms with Gasteiger partial charge in [-0.3, -0.25) is 14.9 Å². The molecule has 10 heteroatoms. The predicted molar refractivity (Wildman–Crippen MR) is 122 cm³/mol. The molecule has 0 fully saturated rings. The number of carbonyl (C=O) groups excluding carboxylic acids is 2. The van der Waals surface area contributed by atoms with Crippen LogP contribution in [-0.4, -0.2) is 32.1 Å². The summed E-state index contributed by atoms with van der Waals surface area (Å²) in [5.74, 6) is 1.30. The molecule has 5 rings (SSSR count). The highest BCUT2D eigenvalue weighted by molar-refractivity contribution is 7.98. The van der Waals surface area contributed by atoms with E-state index in [1.807, 2.05) is 46.2 Å². The van der Waals surface area contributed by atoms with Gasteiger partial charge in [0.2, 0.25) is 0 Å². The molecular formula is C20H17N5O2S3. The maximum atomic E-state index is 13.3. The summed E-state index contributed by atoms with van der Waals surface area (Å²) in [6.45, 7) is 0. The highest BCUT2D eigenvalue weighted by Gasteiger charge is 2.27. The van der Waals surface area contributed by atoms with Crippen molar-refractivity contribution in [3.05, 3.63) is 63.9 Å². The number of amides is 2. The number of thiazole rings is 1. The van der Waals surface area contributed by atoms with Crippen LogP contribution in [0.2, 0.25) is 0 Å². The van der Waals surface area contributed by atoms with Gasteiger partial charge in [0.25, 0.3) is 11.8 Å². The molecule has 152 valence electrons. The number of rotatable bonds is 5. The van der Waals surface area contributed by atoms with Gasteiger partial charge in [-0.05, 0) is 35.9 Å². The first-order valence-electron chi connectivity index (χ1n) is 9.21. The van der Waals surface area contributed by atoms with Crippen molar-refractivity contribution in [3.63, 3.8) is 0 Å². The minimum atomic E-state index is -0.525. The number of nitrogens with one attached hydrogen (secondary N) is 2. The summed E-state index contributed by atoms with van der Waals surface area (Å²) in [6.07, 6.45) is 6.50. The van der Waals surface area contributed by atoms with Crippen LogP contribution in [0, 0.1) is 0 Å². The lowest BCUT2D eigenvalue weighted by Crippen LogP contribution is -2.16. The number of primary amides is 1. The Bertz CT molecular complexity index is 1240. The van der Waals surface area contributed by atoms with Crippen LogP contribution in [0.3, 0.4) is 0 Å². The van der Waals surface area contributed by atoms with Crippen LogP contribution in [0.4, 0.5) is 5.13 Å². The van der Waals surface area contributed by atoms with E-state index in [2.05, 4.69) is 15.3 Å². The third kappa shape index (κ3) is 3.47. The third-order valence-electron chi connectivity index (χ3n) is 4.84. The lowest BCUT2D eigenvalue weighted by Gasteiger charge is -2.12. The molecule has 1 aliphatic rings. The Morgan fingerprint density at radius 2 is 2.10 bits per heavy atom. The zero-order chi connectivity index (χ0) is 20.7. The Labute approximate surface area is 184 Å². The molecular weight excluding hydrogens is 438 g/mol. The molecule has 0 saturated heterocycles. The smallest absolute Gasteiger partial charge is 0.265 e. The number of aromatic amines is 1. The molecule has 4 aromatic heterocycles. The minimum absolute atomic E-state index is 0.143. The highest BCUT2D eigenvalue weighted by atomic mass is 32.2. The van der Waals surface area contributed by atoms with Crippen molar-refractivity contribution in [1.29, 1.82) is 0 Å². The number of anilines is 1. The Balaban J connectivity index is 1.44. The quantitative estimate of drug-likeness (QED) is 0.421. The first-order chi connectivity index (χ1) is 14.6. The van der Waals surface area contributed by atoms with Crippen LogP contribution in [0.25, 0.3) is 16.3 Å². The van der Waals surface area contributed by atoms with Crippen molar-refractivity contribution < 1.29 is 9.59 Å². The summed E-state index contributed by atoms with van der Waals surface area (Å²) in [5, 5.41) is 6.27. The summed E-state index contributed by atoms with van der Waals surface area (Å²) in [4.78, 5) is 33.2. The summed E-state index contributed by atoms with van der Waals surface area (Å²) < 4.78 is 2.00. The van der Waals surface area contributed by atoms with Gasteiger partial charge in [-0.25, -0.2) is 4.98 Å². The van der Waals surface area contributed by atoms with Crippen LogP contribution < -0.4 is 11.1 Å². The van der Waals surface area contributed by atoms with E-state index in [0.29, 0.717) is 16.5 Å². The molecule has 0 saturated carbocycles. The Hall–Kier alpha value is -2.82. The van der Waals surface area contributed by atoms with E-state index in [0.717, 1.165) is 39.6 Å². The van der Waals surface area contributed by atoms with Crippen LogP contribution >= 0.6 is 34.4 Å². The average Bonchev–Trinajstić information content (AvgIpc) is 3.53. The fourth-order valence-corrected chi connectivity index (χ4v) is 6.57. The van der Waals surface area contributed by atoms with Crippen LogP contribution in [0.1, 0.15) is 31.3 Å². The van der Waals surface area contributed by atoms with Gasteiger partial charge in [0.1, 0.15) is 10.7 Å². The molecule has 0 atom stereocenters. The normalized spacial score (nSPS) is 13.2. The predicted octanol–water partition coefficient (Wildman–Crippen LogP) is 4.13. The molecule has 2 amide bonds. The van der Waals surface area contributed by atoms with E-state index in [9.17, 15) is 9.59 Å². The molecule has 4 aromatic rings. The van der Waals surface area contributed by atoms with Crippen molar-refractivity contribution in [2.45, 2.75) is 12.2 Å². The first-order valence-corrected chi connectivity index (χ1v) is 12.1. The summed E-state index contributed by atoms with van der Waals surface area (Å²) >= 11 is 4.93. The van der Waals surface area contributed by atoms with Crippen LogP contribution in [0.5, 0.6) is 0 Å².